The molecule has 6 heteroatoms. The molecule has 2 N–H and O–H groups in total. The predicted molar refractivity (Wildman–Crippen MR) is 89.8 cm³/mol. The third-order valence-corrected chi connectivity index (χ3v) is 3.80. The van der Waals surface area contributed by atoms with Crippen molar-refractivity contribution in [3.63, 3.8) is 0 Å². The van der Waals surface area contributed by atoms with Crippen LogP contribution in [0.5, 0.6) is 5.75 Å². The molecule has 0 unspecified atom stereocenters. The van der Waals surface area contributed by atoms with Gasteiger partial charge in [0, 0.05) is 17.9 Å². The molecular formula is C18H22N2O4. The Labute approximate surface area is 141 Å². The topological polar surface area (TPSA) is 80.6 Å². The molecular weight excluding hydrogens is 308 g/mol. The zero-order chi connectivity index (χ0) is 17.7. The van der Waals surface area contributed by atoms with Crippen molar-refractivity contribution in [1.29, 1.82) is 0 Å². The van der Waals surface area contributed by atoms with Gasteiger partial charge in [-0.2, -0.15) is 0 Å². The van der Waals surface area contributed by atoms with Crippen LogP contribution in [-0.2, 0) is 22.6 Å². The van der Waals surface area contributed by atoms with Crippen LogP contribution in [0.4, 0.5) is 0 Å². The Hall–Kier alpha value is -2.76. The van der Waals surface area contributed by atoms with Crippen LogP contribution in [0.3, 0.4) is 0 Å². The lowest BCUT2D eigenvalue weighted by Gasteiger charge is -2.10. The maximum atomic E-state index is 12.2. The lowest BCUT2D eigenvalue weighted by atomic mass is 10.2. The quantitative estimate of drug-likeness (QED) is 0.797. The predicted octanol–water partition coefficient (Wildman–Crippen LogP) is 2.30. The van der Waals surface area contributed by atoms with Gasteiger partial charge in [-0.3, -0.25) is 4.79 Å². The Balaban J connectivity index is 2.01. The monoisotopic (exact) mass is 330 g/mol. The number of rotatable bonds is 6. The van der Waals surface area contributed by atoms with Crippen molar-refractivity contribution < 1.29 is 19.4 Å². The van der Waals surface area contributed by atoms with Gasteiger partial charge in [0.2, 0.25) is 5.91 Å². The van der Waals surface area contributed by atoms with Crippen LogP contribution in [0.1, 0.15) is 34.2 Å². The Bertz CT molecular complexity index is 732. The van der Waals surface area contributed by atoms with Gasteiger partial charge < -0.3 is 19.7 Å². The second kappa shape index (κ2) is 7.68. The first kappa shape index (κ1) is 17.6. The van der Waals surface area contributed by atoms with E-state index in [9.17, 15) is 14.7 Å². The molecule has 128 valence electrons. The average molecular weight is 330 g/mol. The van der Waals surface area contributed by atoms with E-state index < -0.39 is 0 Å². The summed E-state index contributed by atoms with van der Waals surface area (Å²) in [6.07, 6.45) is 0. The van der Waals surface area contributed by atoms with Gasteiger partial charge in [-0.05, 0) is 44.5 Å². The highest BCUT2D eigenvalue weighted by atomic mass is 16.5. The first-order valence-corrected chi connectivity index (χ1v) is 7.80. The van der Waals surface area contributed by atoms with Crippen LogP contribution < -0.4 is 5.32 Å². The number of amides is 1. The molecule has 0 bridgehead atoms. The van der Waals surface area contributed by atoms with Gasteiger partial charge in [-0.25, -0.2) is 4.79 Å². The standard InChI is InChI=1S/C18H22N2O4/c1-4-24-18(23)16-9-12(2)20(13(16)3)11-17(22)19-10-14-5-7-15(21)8-6-14/h5-9,21H,4,10-11H2,1-3H3,(H,19,22). The van der Waals surface area contributed by atoms with Crippen LogP contribution in [0, 0.1) is 13.8 Å². The minimum Gasteiger partial charge on any atom is -0.508 e. The molecule has 0 atom stereocenters. The van der Waals surface area contributed by atoms with E-state index in [0.717, 1.165) is 11.3 Å². The van der Waals surface area contributed by atoms with Gasteiger partial charge >= 0.3 is 5.97 Å². The number of hydrogen-bond acceptors (Lipinski definition) is 4. The molecule has 1 heterocycles. The number of hydrogen-bond donors (Lipinski definition) is 2. The molecule has 1 amide bonds. The first-order valence-electron chi connectivity index (χ1n) is 7.80. The SMILES string of the molecule is CCOC(=O)c1cc(C)n(CC(=O)NCc2ccc(O)cc2)c1C. The zero-order valence-electron chi connectivity index (χ0n) is 14.1. The van der Waals surface area contributed by atoms with Gasteiger partial charge in [0.05, 0.1) is 12.2 Å². The first-order chi connectivity index (χ1) is 11.4. The van der Waals surface area contributed by atoms with Gasteiger partial charge in [0.1, 0.15) is 12.3 Å². The second-order valence-corrected chi connectivity index (χ2v) is 5.53. The van der Waals surface area contributed by atoms with Crippen LogP contribution in [0.25, 0.3) is 0 Å². The molecule has 2 rings (SSSR count). The number of phenols is 1. The lowest BCUT2D eigenvalue weighted by molar-refractivity contribution is -0.121. The number of esters is 1. The van der Waals surface area contributed by atoms with Crippen molar-refractivity contribution in [3.05, 3.63) is 52.8 Å². The van der Waals surface area contributed by atoms with E-state index >= 15 is 0 Å². The summed E-state index contributed by atoms with van der Waals surface area (Å²) in [4.78, 5) is 24.1. The minimum absolute atomic E-state index is 0.134. The summed E-state index contributed by atoms with van der Waals surface area (Å²) in [7, 11) is 0. The van der Waals surface area contributed by atoms with Crippen molar-refractivity contribution in [2.24, 2.45) is 0 Å². The van der Waals surface area contributed by atoms with Crippen molar-refractivity contribution >= 4 is 11.9 Å². The number of aromatic hydroxyl groups is 1. The van der Waals surface area contributed by atoms with Crippen molar-refractivity contribution in [2.45, 2.75) is 33.9 Å². The van der Waals surface area contributed by atoms with Gasteiger partial charge in [-0.1, -0.05) is 12.1 Å². The lowest BCUT2D eigenvalue weighted by Crippen LogP contribution is -2.28. The summed E-state index contributed by atoms with van der Waals surface area (Å²) in [5, 5.41) is 12.1. The van der Waals surface area contributed by atoms with Crippen LogP contribution in [-0.4, -0.2) is 28.2 Å². The summed E-state index contributed by atoms with van der Waals surface area (Å²) < 4.78 is 6.81. The van der Waals surface area contributed by atoms with E-state index in [1.165, 1.54) is 0 Å². The highest BCUT2D eigenvalue weighted by molar-refractivity contribution is 5.91. The summed E-state index contributed by atoms with van der Waals surface area (Å²) in [5.74, 6) is -0.336. The number of aryl methyl sites for hydroxylation is 1. The normalized spacial score (nSPS) is 10.5. The van der Waals surface area contributed by atoms with Crippen molar-refractivity contribution in [1.82, 2.24) is 9.88 Å². The highest BCUT2D eigenvalue weighted by Gasteiger charge is 2.17. The van der Waals surface area contributed by atoms with E-state index in [1.54, 1.807) is 48.7 Å². The van der Waals surface area contributed by atoms with E-state index in [0.29, 0.717) is 24.4 Å². The summed E-state index contributed by atoms with van der Waals surface area (Å²) >= 11 is 0. The highest BCUT2D eigenvalue weighted by Crippen LogP contribution is 2.16. The molecule has 6 nitrogen and oxygen atoms in total. The maximum absolute atomic E-state index is 12.2. The van der Waals surface area contributed by atoms with Gasteiger partial charge in [0.15, 0.2) is 0 Å². The fourth-order valence-corrected chi connectivity index (χ4v) is 2.47. The summed E-state index contributed by atoms with van der Waals surface area (Å²) in [6.45, 7) is 6.23. The molecule has 0 aliphatic rings. The number of benzene rings is 1. The fourth-order valence-electron chi connectivity index (χ4n) is 2.47. The van der Waals surface area contributed by atoms with Crippen molar-refractivity contribution in [2.75, 3.05) is 6.61 Å². The van der Waals surface area contributed by atoms with E-state index in [2.05, 4.69) is 5.32 Å². The molecule has 0 saturated carbocycles. The number of carbonyl (C=O) groups excluding carboxylic acids is 2. The number of phenolic OH excluding ortho intramolecular Hbond substituents is 1. The maximum Gasteiger partial charge on any atom is 0.339 e. The zero-order valence-corrected chi connectivity index (χ0v) is 14.1. The Morgan fingerprint density at radius 2 is 1.88 bits per heavy atom. The number of nitrogens with zero attached hydrogens (tertiary/aromatic N) is 1. The molecule has 1 aromatic heterocycles. The molecule has 0 radical (unpaired) electrons. The molecule has 24 heavy (non-hydrogen) atoms. The van der Waals surface area contributed by atoms with E-state index in [1.807, 2.05) is 6.92 Å². The number of aromatic nitrogens is 1. The van der Waals surface area contributed by atoms with Crippen LogP contribution in [0.2, 0.25) is 0 Å². The molecule has 1 aromatic carbocycles. The van der Waals surface area contributed by atoms with Gasteiger partial charge in [-0.15, -0.1) is 0 Å². The van der Waals surface area contributed by atoms with E-state index in [4.69, 9.17) is 4.74 Å². The van der Waals surface area contributed by atoms with Gasteiger partial charge in [0.25, 0.3) is 0 Å². The van der Waals surface area contributed by atoms with Crippen LogP contribution in [0.15, 0.2) is 30.3 Å². The fraction of sp³-hybridized carbons (Fsp3) is 0.333. The van der Waals surface area contributed by atoms with Crippen molar-refractivity contribution in [3.8, 4) is 5.75 Å². The third kappa shape index (κ3) is 4.16. The summed E-state index contributed by atoms with van der Waals surface area (Å²) in [5.41, 5.74) is 2.93. The third-order valence-electron chi connectivity index (χ3n) is 3.80. The minimum atomic E-state index is -0.374. The molecule has 0 aliphatic heterocycles. The Morgan fingerprint density at radius 3 is 2.50 bits per heavy atom. The number of carbonyl (C=O) groups is 2. The number of nitrogens with one attached hydrogen (secondary N) is 1. The molecule has 0 spiro atoms. The smallest absolute Gasteiger partial charge is 0.339 e. The van der Waals surface area contributed by atoms with E-state index in [-0.39, 0.29) is 24.2 Å². The largest absolute Gasteiger partial charge is 0.508 e. The van der Waals surface area contributed by atoms with Crippen LogP contribution >= 0.6 is 0 Å². The molecule has 0 aliphatic carbocycles. The molecule has 2 aromatic rings. The second-order valence-electron chi connectivity index (χ2n) is 5.53. The number of ether oxygens (including phenoxy) is 1. The molecule has 0 fully saturated rings. The Morgan fingerprint density at radius 1 is 1.21 bits per heavy atom. The summed E-state index contributed by atoms with van der Waals surface area (Å²) in [6, 6.07) is 8.39. The average Bonchev–Trinajstić information content (AvgIpc) is 2.83. The Kier molecular flexibility index (Phi) is 5.63. The molecule has 0 saturated heterocycles.